The highest BCUT2D eigenvalue weighted by molar-refractivity contribution is 4.99. The monoisotopic (exact) mass is 98.1 g/mol. The molecule has 0 bridgehead atoms. The normalized spacial score (nSPS) is 39.7. The summed E-state index contributed by atoms with van der Waals surface area (Å²) in [5.74, 6) is 0.458. The van der Waals surface area contributed by atoms with Crippen LogP contribution < -0.4 is 0 Å². The second-order valence-electron chi connectivity index (χ2n) is 2.13. The van der Waals surface area contributed by atoms with E-state index in [4.69, 9.17) is 5.11 Å². The van der Waals surface area contributed by atoms with E-state index < -0.39 is 0 Å². The van der Waals surface area contributed by atoms with Crippen LogP contribution in [0, 0.1) is 5.92 Å². The topological polar surface area (TPSA) is 20.2 Å². The first-order valence-corrected chi connectivity index (χ1v) is 2.65. The first-order chi connectivity index (χ1) is 3.30. The van der Waals surface area contributed by atoms with E-state index in [2.05, 4.69) is 0 Å². The molecule has 1 aliphatic carbocycles. The van der Waals surface area contributed by atoms with Gasteiger partial charge in [0.2, 0.25) is 0 Å². The summed E-state index contributed by atoms with van der Waals surface area (Å²) in [5, 5.41) is 8.91. The van der Waals surface area contributed by atoms with Crippen LogP contribution >= 0.6 is 0 Å². The van der Waals surface area contributed by atoms with Crippen LogP contribution in [-0.4, -0.2) is 11.2 Å². The van der Waals surface area contributed by atoms with Crippen molar-refractivity contribution in [3.05, 3.63) is 12.2 Å². The van der Waals surface area contributed by atoms with Gasteiger partial charge in [0.05, 0.1) is 6.10 Å². The van der Waals surface area contributed by atoms with Gasteiger partial charge in [-0.15, -0.1) is 0 Å². The highest BCUT2D eigenvalue weighted by Crippen LogP contribution is 2.16. The molecule has 0 saturated heterocycles. The van der Waals surface area contributed by atoms with E-state index in [1.807, 2.05) is 19.1 Å². The first-order valence-electron chi connectivity index (χ1n) is 2.65. The van der Waals surface area contributed by atoms with E-state index in [0.717, 1.165) is 6.42 Å². The van der Waals surface area contributed by atoms with Crippen molar-refractivity contribution in [2.45, 2.75) is 19.4 Å². The average Bonchev–Trinajstić information content (AvgIpc) is 1.91. The zero-order chi connectivity index (χ0) is 5.28. The molecular weight excluding hydrogens is 88.1 g/mol. The number of aliphatic hydroxyl groups is 1. The fourth-order valence-electron chi connectivity index (χ4n) is 0.762. The van der Waals surface area contributed by atoms with E-state index in [-0.39, 0.29) is 6.10 Å². The molecule has 0 spiro atoms. The van der Waals surface area contributed by atoms with Crippen LogP contribution in [0.1, 0.15) is 13.3 Å². The summed E-state index contributed by atoms with van der Waals surface area (Å²) in [6, 6.07) is 0. The highest BCUT2D eigenvalue weighted by Gasteiger charge is 2.13. The molecule has 1 nitrogen and oxygen atoms in total. The number of rotatable bonds is 0. The lowest BCUT2D eigenvalue weighted by atomic mass is 10.1. The maximum Gasteiger partial charge on any atom is 0.0749 e. The zero-order valence-corrected chi connectivity index (χ0v) is 4.46. The Labute approximate surface area is 43.7 Å². The van der Waals surface area contributed by atoms with Gasteiger partial charge in [0.25, 0.3) is 0 Å². The molecule has 0 aromatic heterocycles. The van der Waals surface area contributed by atoms with Crippen molar-refractivity contribution in [3.63, 3.8) is 0 Å². The Morgan fingerprint density at radius 1 is 1.71 bits per heavy atom. The molecular formula is C6H10O. The number of allylic oxidation sites excluding steroid dienone is 1. The molecule has 2 atom stereocenters. The Balaban J connectivity index is 2.45. The van der Waals surface area contributed by atoms with Crippen LogP contribution in [0.5, 0.6) is 0 Å². The maximum atomic E-state index is 8.91. The van der Waals surface area contributed by atoms with E-state index in [0.29, 0.717) is 5.92 Å². The molecule has 1 heteroatoms. The van der Waals surface area contributed by atoms with Gasteiger partial charge in [0, 0.05) is 0 Å². The fourth-order valence-corrected chi connectivity index (χ4v) is 0.762. The lowest BCUT2D eigenvalue weighted by molar-refractivity contribution is 0.175. The fraction of sp³-hybridized carbons (Fsp3) is 0.667. The molecule has 40 valence electrons. The quantitative estimate of drug-likeness (QED) is 0.447. The van der Waals surface area contributed by atoms with Crippen molar-refractivity contribution >= 4 is 0 Å². The van der Waals surface area contributed by atoms with Crippen molar-refractivity contribution in [2.24, 2.45) is 5.92 Å². The highest BCUT2D eigenvalue weighted by atomic mass is 16.3. The minimum atomic E-state index is -0.167. The van der Waals surface area contributed by atoms with E-state index in [1.165, 1.54) is 0 Å². The molecule has 0 saturated carbocycles. The predicted octanol–water partition coefficient (Wildman–Crippen LogP) is 0.943. The average molecular weight is 98.1 g/mol. The molecule has 1 unspecified atom stereocenters. The van der Waals surface area contributed by atoms with Crippen LogP contribution in [0.15, 0.2) is 12.2 Å². The molecule has 7 heavy (non-hydrogen) atoms. The summed E-state index contributed by atoms with van der Waals surface area (Å²) in [7, 11) is 0. The van der Waals surface area contributed by atoms with Crippen molar-refractivity contribution in [3.8, 4) is 0 Å². The summed E-state index contributed by atoms with van der Waals surface area (Å²) in [6.45, 7) is 2.05. The molecule has 0 radical (unpaired) electrons. The van der Waals surface area contributed by atoms with E-state index >= 15 is 0 Å². The number of hydrogen-bond donors (Lipinski definition) is 1. The summed E-state index contributed by atoms with van der Waals surface area (Å²) in [4.78, 5) is 0. The third-order valence-corrected chi connectivity index (χ3v) is 1.42. The molecule has 1 aliphatic rings. The van der Waals surface area contributed by atoms with Gasteiger partial charge in [0.15, 0.2) is 0 Å². The molecule has 1 N–H and O–H groups in total. The van der Waals surface area contributed by atoms with Crippen LogP contribution in [0.3, 0.4) is 0 Å². The van der Waals surface area contributed by atoms with Gasteiger partial charge in [-0.3, -0.25) is 0 Å². The van der Waals surface area contributed by atoms with Gasteiger partial charge in [-0.25, -0.2) is 0 Å². The van der Waals surface area contributed by atoms with Gasteiger partial charge in [-0.05, 0) is 12.3 Å². The van der Waals surface area contributed by atoms with Crippen LogP contribution in [0.2, 0.25) is 0 Å². The molecule has 0 aromatic carbocycles. The standard InChI is InChI=1S/C6H10O/c1-5-3-2-4-6(5)7/h2,4-7H,3H2,1H3/t5-,6?/m1/s1. The van der Waals surface area contributed by atoms with Crippen LogP contribution in [0.4, 0.5) is 0 Å². The first kappa shape index (κ1) is 4.85. The molecule has 0 fully saturated rings. The SMILES string of the molecule is C[C@@H]1CC=CC1O. The summed E-state index contributed by atoms with van der Waals surface area (Å²) >= 11 is 0. The Morgan fingerprint density at radius 3 is 2.57 bits per heavy atom. The van der Waals surface area contributed by atoms with Gasteiger partial charge < -0.3 is 5.11 Å². The molecule has 0 aromatic rings. The van der Waals surface area contributed by atoms with Gasteiger partial charge in [-0.2, -0.15) is 0 Å². The van der Waals surface area contributed by atoms with Crippen LogP contribution in [0.25, 0.3) is 0 Å². The summed E-state index contributed by atoms with van der Waals surface area (Å²) in [5.41, 5.74) is 0. The van der Waals surface area contributed by atoms with Gasteiger partial charge in [-0.1, -0.05) is 19.1 Å². The Kier molecular flexibility index (Phi) is 1.15. The largest absolute Gasteiger partial charge is 0.389 e. The predicted molar refractivity (Wildman–Crippen MR) is 28.9 cm³/mol. The molecule has 0 aliphatic heterocycles. The van der Waals surface area contributed by atoms with E-state index in [1.54, 1.807) is 0 Å². The smallest absolute Gasteiger partial charge is 0.0749 e. The number of aliphatic hydroxyl groups excluding tert-OH is 1. The summed E-state index contributed by atoms with van der Waals surface area (Å²) < 4.78 is 0. The van der Waals surface area contributed by atoms with Gasteiger partial charge in [0.1, 0.15) is 0 Å². The Bertz CT molecular complexity index is 86.2. The lowest BCUT2D eigenvalue weighted by Gasteiger charge is -2.03. The minimum absolute atomic E-state index is 0.167. The minimum Gasteiger partial charge on any atom is -0.389 e. The second kappa shape index (κ2) is 1.66. The van der Waals surface area contributed by atoms with Gasteiger partial charge >= 0.3 is 0 Å². The number of hydrogen-bond acceptors (Lipinski definition) is 1. The summed E-state index contributed by atoms with van der Waals surface area (Å²) in [6.07, 6.45) is 4.75. The Morgan fingerprint density at radius 2 is 2.43 bits per heavy atom. The van der Waals surface area contributed by atoms with Crippen molar-refractivity contribution in [2.75, 3.05) is 0 Å². The van der Waals surface area contributed by atoms with Crippen molar-refractivity contribution in [1.29, 1.82) is 0 Å². The van der Waals surface area contributed by atoms with Crippen LogP contribution in [-0.2, 0) is 0 Å². The molecule has 1 rings (SSSR count). The van der Waals surface area contributed by atoms with Crippen molar-refractivity contribution in [1.82, 2.24) is 0 Å². The third-order valence-electron chi connectivity index (χ3n) is 1.42. The maximum absolute atomic E-state index is 8.91. The zero-order valence-electron chi connectivity index (χ0n) is 4.46. The lowest BCUT2D eigenvalue weighted by Crippen LogP contribution is -2.07. The third kappa shape index (κ3) is 0.829. The van der Waals surface area contributed by atoms with E-state index in [9.17, 15) is 0 Å². The molecule has 0 heterocycles. The second-order valence-corrected chi connectivity index (χ2v) is 2.13. The van der Waals surface area contributed by atoms with Crippen molar-refractivity contribution < 1.29 is 5.11 Å². The Hall–Kier alpha value is -0.300. The molecule has 0 amide bonds.